The fourth-order valence-electron chi connectivity index (χ4n) is 3.92. The van der Waals surface area contributed by atoms with Crippen LogP contribution >= 0.6 is 0 Å². The summed E-state index contributed by atoms with van der Waals surface area (Å²) in [5.74, 6) is 0.271. The van der Waals surface area contributed by atoms with Gasteiger partial charge in [0.05, 0.1) is 5.92 Å². The first kappa shape index (κ1) is 14.1. The van der Waals surface area contributed by atoms with E-state index in [1.165, 1.54) is 0 Å². The molecule has 2 bridgehead atoms. The summed E-state index contributed by atoms with van der Waals surface area (Å²) in [4.78, 5) is 23.8. The maximum atomic E-state index is 12.5. The van der Waals surface area contributed by atoms with Crippen molar-refractivity contribution in [2.24, 2.45) is 29.2 Å². The second kappa shape index (κ2) is 5.15. The Bertz CT molecular complexity index is 597. The van der Waals surface area contributed by atoms with Crippen molar-refractivity contribution in [3.8, 4) is 0 Å². The lowest BCUT2D eigenvalue weighted by atomic mass is 9.84. The zero-order valence-electron chi connectivity index (χ0n) is 12.1. The molecule has 2 aliphatic rings. The summed E-state index contributed by atoms with van der Waals surface area (Å²) in [5, 5.41) is 2.89. The molecule has 5 heteroatoms. The van der Waals surface area contributed by atoms with E-state index in [-0.39, 0.29) is 17.9 Å². The summed E-state index contributed by atoms with van der Waals surface area (Å²) in [6.45, 7) is 1.82. The third-order valence-electron chi connectivity index (χ3n) is 5.05. The molecule has 0 radical (unpaired) electrons. The number of fused-ring (bicyclic) bond motifs is 2. The van der Waals surface area contributed by atoms with Crippen LogP contribution in [0.1, 0.15) is 35.2 Å². The van der Waals surface area contributed by atoms with Gasteiger partial charge in [0.25, 0.3) is 0 Å². The fourth-order valence-corrected chi connectivity index (χ4v) is 3.92. The number of primary amides is 1. The van der Waals surface area contributed by atoms with E-state index in [0.29, 0.717) is 23.1 Å². The number of nitrogens with one attached hydrogen (secondary N) is 1. The zero-order chi connectivity index (χ0) is 15.1. The van der Waals surface area contributed by atoms with Crippen molar-refractivity contribution >= 4 is 17.5 Å². The van der Waals surface area contributed by atoms with Gasteiger partial charge in [0.1, 0.15) is 0 Å². The Hall–Kier alpha value is -1.88. The number of amides is 2. The highest BCUT2D eigenvalue weighted by Crippen LogP contribution is 2.47. The van der Waals surface area contributed by atoms with Gasteiger partial charge in [-0.15, -0.1) is 0 Å². The highest BCUT2D eigenvalue weighted by molar-refractivity contribution is 5.98. The molecule has 2 aliphatic carbocycles. The molecule has 5 N–H and O–H groups in total. The SMILES string of the molecule is Cc1ccc(NC(=O)C2C3CCC(C3)C2N)cc1C(N)=O. The molecule has 1 aromatic carbocycles. The Balaban J connectivity index is 1.76. The van der Waals surface area contributed by atoms with Crippen LogP contribution in [0.3, 0.4) is 0 Å². The number of nitrogens with two attached hydrogens (primary N) is 2. The molecule has 2 saturated carbocycles. The second-order valence-electron chi connectivity index (χ2n) is 6.32. The van der Waals surface area contributed by atoms with Crippen molar-refractivity contribution in [2.75, 3.05) is 5.32 Å². The molecule has 5 nitrogen and oxygen atoms in total. The minimum Gasteiger partial charge on any atom is -0.366 e. The van der Waals surface area contributed by atoms with Crippen molar-refractivity contribution in [2.45, 2.75) is 32.2 Å². The molecule has 0 aromatic heterocycles. The van der Waals surface area contributed by atoms with E-state index in [2.05, 4.69) is 5.32 Å². The number of carbonyl (C=O) groups excluding carboxylic acids is 2. The normalized spacial score (nSPS) is 30.4. The molecule has 21 heavy (non-hydrogen) atoms. The van der Waals surface area contributed by atoms with Crippen LogP contribution in [0.15, 0.2) is 18.2 Å². The van der Waals surface area contributed by atoms with Crippen molar-refractivity contribution in [3.05, 3.63) is 29.3 Å². The smallest absolute Gasteiger partial charge is 0.249 e. The Morgan fingerprint density at radius 1 is 1.24 bits per heavy atom. The highest BCUT2D eigenvalue weighted by atomic mass is 16.2. The fraction of sp³-hybridized carbons (Fsp3) is 0.500. The van der Waals surface area contributed by atoms with Crippen molar-refractivity contribution < 1.29 is 9.59 Å². The van der Waals surface area contributed by atoms with E-state index in [1.54, 1.807) is 18.2 Å². The van der Waals surface area contributed by atoms with Gasteiger partial charge in [0.2, 0.25) is 11.8 Å². The number of anilines is 1. The average molecular weight is 287 g/mol. The molecule has 4 atom stereocenters. The Morgan fingerprint density at radius 3 is 2.57 bits per heavy atom. The van der Waals surface area contributed by atoms with E-state index >= 15 is 0 Å². The minimum atomic E-state index is -0.486. The molecule has 4 unspecified atom stereocenters. The molecule has 2 amide bonds. The quantitative estimate of drug-likeness (QED) is 0.783. The third kappa shape index (κ3) is 2.42. The Labute approximate surface area is 124 Å². The summed E-state index contributed by atoms with van der Waals surface area (Å²) in [6.07, 6.45) is 3.31. The standard InChI is InChI=1S/C16H21N3O2/c1-8-2-5-11(7-12(8)15(18)20)19-16(21)13-9-3-4-10(6-9)14(13)17/h2,5,7,9-10,13-14H,3-4,6,17H2,1H3,(H2,18,20)(H,19,21). The minimum absolute atomic E-state index is 0.0334. The molecule has 0 aliphatic heterocycles. The number of benzene rings is 1. The summed E-state index contributed by atoms with van der Waals surface area (Å²) in [5.41, 5.74) is 13.4. The van der Waals surface area contributed by atoms with Crippen LogP contribution in [0.4, 0.5) is 5.69 Å². The van der Waals surface area contributed by atoms with Gasteiger partial charge < -0.3 is 16.8 Å². The van der Waals surface area contributed by atoms with Gasteiger partial charge in [-0.2, -0.15) is 0 Å². The van der Waals surface area contributed by atoms with Crippen LogP contribution in [0, 0.1) is 24.7 Å². The molecular formula is C16H21N3O2. The van der Waals surface area contributed by atoms with Gasteiger partial charge in [-0.25, -0.2) is 0 Å². The molecule has 2 fully saturated rings. The largest absolute Gasteiger partial charge is 0.366 e. The van der Waals surface area contributed by atoms with E-state index < -0.39 is 5.91 Å². The number of aryl methyl sites for hydroxylation is 1. The first-order chi connectivity index (χ1) is 9.97. The first-order valence-corrected chi connectivity index (χ1v) is 7.44. The molecule has 1 aromatic rings. The molecule has 0 heterocycles. The van der Waals surface area contributed by atoms with Crippen molar-refractivity contribution in [1.29, 1.82) is 0 Å². The van der Waals surface area contributed by atoms with E-state index in [0.717, 1.165) is 24.8 Å². The summed E-state index contributed by atoms with van der Waals surface area (Å²) < 4.78 is 0. The maximum Gasteiger partial charge on any atom is 0.249 e. The van der Waals surface area contributed by atoms with Crippen molar-refractivity contribution in [3.63, 3.8) is 0 Å². The van der Waals surface area contributed by atoms with Gasteiger partial charge in [0, 0.05) is 17.3 Å². The highest BCUT2D eigenvalue weighted by Gasteiger charge is 2.49. The van der Waals surface area contributed by atoms with Gasteiger partial charge in [-0.05, 0) is 55.7 Å². The van der Waals surface area contributed by atoms with Crippen LogP contribution in [-0.2, 0) is 4.79 Å². The lowest BCUT2D eigenvalue weighted by molar-refractivity contribution is -0.121. The average Bonchev–Trinajstić information content (AvgIpc) is 3.01. The first-order valence-electron chi connectivity index (χ1n) is 7.44. The molecule has 0 spiro atoms. The van der Waals surface area contributed by atoms with E-state index in [4.69, 9.17) is 11.5 Å². The summed E-state index contributed by atoms with van der Waals surface area (Å²) >= 11 is 0. The Morgan fingerprint density at radius 2 is 1.95 bits per heavy atom. The maximum absolute atomic E-state index is 12.5. The number of rotatable bonds is 3. The zero-order valence-corrected chi connectivity index (χ0v) is 12.1. The van der Waals surface area contributed by atoms with Crippen LogP contribution in [0.2, 0.25) is 0 Å². The van der Waals surface area contributed by atoms with Gasteiger partial charge in [-0.1, -0.05) is 6.07 Å². The van der Waals surface area contributed by atoms with Crippen LogP contribution in [0.25, 0.3) is 0 Å². The topological polar surface area (TPSA) is 98.2 Å². The van der Waals surface area contributed by atoms with Crippen molar-refractivity contribution in [1.82, 2.24) is 0 Å². The molecular weight excluding hydrogens is 266 g/mol. The monoisotopic (exact) mass is 287 g/mol. The lowest BCUT2D eigenvalue weighted by Gasteiger charge is -2.27. The summed E-state index contributed by atoms with van der Waals surface area (Å²) in [6, 6.07) is 5.17. The Kier molecular flexibility index (Phi) is 3.45. The van der Waals surface area contributed by atoms with Crippen LogP contribution in [0.5, 0.6) is 0 Å². The molecule has 112 valence electrons. The summed E-state index contributed by atoms with van der Waals surface area (Å²) in [7, 11) is 0. The van der Waals surface area contributed by atoms with Crippen LogP contribution in [-0.4, -0.2) is 17.9 Å². The van der Waals surface area contributed by atoms with Crippen LogP contribution < -0.4 is 16.8 Å². The number of carbonyl (C=O) groups is 2. The van der Waals surface area contributed by atoms with E-state index in [1.807, 2.05) is 6.92 Å². The van der Waals surface area contributed by atoms with Gasteiger partial charge in [-0.3, -0.25) is 9.59 Å². The third-order valence-corrected chi connectivity index (χ3v) is 5.05. The van der Waals surface area contributed by atoms with E-state index in [9.17, 15) is 9.59 Å². The molecule has 3 rings (SSSR count). The van der Waals surface area contributed by atoms with Gasteiger partial charge >= 0.3 is 0 Å². The molecule has 0 saturated heterocycles. The predicted octanol–water partition coefficient (Wildman–Crippen LogP) is 1.41. The second-order valence-corrected chi connectivity index (χ2v) is 6.32. The lowest BCUT2D eigenvalue weighted by Crippen LogP contribution is -2.42. The number of hydrogen-bond donors (Lipinski definition) is 3. The predicted molar refractivity (Wildman–Crippen MR) is 80.6 cm³/mol. The van der Waals surface area contributed by atoms with Gasteiger partial charge in [0.15, 0.2) is 0 Å². The number of hydrogen-bond acceptors (Lipinski definition) is 3.